The van der Waals surface area contributed by atoms with Crippen LogP contribution in [0.2, 0.25) is 0 Å². The average Bonchev–Trinajstić information content (AvgIpc) is 2.95. The Morgan fingerprint density at radius 3 is 2.29 bits per heavy atom. The molecule has 6 nitrogen and oxygen atoms in total. The molecule has 146 valence electrons. The number of urea groups is 1. The average molecular weight is 379 g/mol. The van der Waals surface area contributed by atoms with E-state index in [1.807, 2.05) is 48.5 Å². The fourth-order valence-corrected chi connectivity index (χ4v) is 3.37. The Labute approximate surface area is 165 Å². The van der Waals surface area contributed by atoms with Crippen LogP contribution in [0.3, 0.4) is 0 Å². The lowest BCUT2D eigenvalue weighted by molar-refractivity contribution is -0.131. The molecule has 0 radical (unpaired) electrons. The highest BCUT2D eigenvalue weighted by Crippen LogP contribution is 2.20. The lowest BCUT2D eigenvalue weighted by Crippen LogP contribution is -2.42. The smallest absolute Gasteiger partial charge is 0.327 e. The molecule has 1 atom stereocenters. The number of hydrogen-bond acceptors (Lipinski definition) is 3. The molecule has 0 aliphatic carbocycles. The van der Waals surface area contributed by atoms with Gasteiger partial charge in [-0.25, -0.2) is 4.79 Å². The second kappa shape index (κ2) is 9.17. The third-order valence-electron chi connectivity index (χ3n) is 4.87. The van der Waals surface area contributed by atoms with Crippen LogP contribution in [-0.4, -0.2) is 47.8 Å². The van der Waals surface area contributed by atoms with Crippen LogP contribution in [0.4, 0.5) is 4.79 Å². The van der Waals surface area contributed by atoms with E-state index in [-0.39, 0.29) is 30.9 Å². The third-order valence-corrected chi connectivity index (χ3v) is 4.87. The van der Waals surface area contributed by atoms with E-state index in [0.29, 0.717) is 0 Å². The Balaban J connectivity index is 1.61. The highest BCUT2D eigenvalue weighted by molar-refractivity contribution is 6.04. The lowest BCUT2D eigenvalue weighted by atomic mass is 9.99. The van der Waals surface area contributed by atoms with E-state index in [1.54, 1.807) is 7.05 Å². The first-order chi connectivity index (χ1) is 13.5. The predicted molar refractivity (Wildman–Crippen MR) is 106 cm³/mol. The molecule has 1 saturated heterocycles. The summed E-state index contributed by atoms with van der Waals surface area (Å²) in [5.41, 5.74) is 2.28. The molecule has 0 spiro atoms. The monoisotopic (exact) mass is 379 g/mol. The van der Waals surface area contributed by atoms with Gasteiger partial charge in [0.25, 0.3) is 5.91 Å². The molecule has 0 bridgehead atoms. The van der Waals surface area contributed by atoms with E-state index in [4.69, 9.17) is 0 Å². The number of likely N-dealkylation sites (N-methyl/N-ethyl adjacent to an activating group) is 1. The zero-order valence-electron chi connectivity index (χ0n) is 16.0. The molecular weight excluding hydrogens is 354 g/mol. The van der Waals surface area contributed by atoms with E-state index in [0.717, 1.165) is 29.7 Å². The predicted octanol–water partition coefficient (Wildman–Crippen LogP) is 2.76. The molecule has 1 heterocycles. The van der Waals surface area contributed by atoms with Gasteiger partial charge in [-0.2, -0.15) is 0 Å². The van der Waals surface area contributed by atoms with Crippen LogP contribution < -0.4 is 5.32 Å². The Bertz CT molecular complexity index is 823. The fourth-order valence-electron chi connectivity index (χ4n) is 3.37. The Kier molecular flexibility index (Phi) is 6.42. The number of carbonyl (C=O) groups is 3. The van der Waals surface area contributed by atoms with Crippen molar-refractivity contribution in [2.45, 2.75) is 25.3 Å². The molecule has 28 heavy (non-hydrogen) atoms. The maximum atomic E-state index is 12.5. The number of rotatable bonds is 8. The van der Waals surface area contributed by atoms with E-state index in [2.05, 4.69) is 17.4 Å². The highest BCUT2D eigenvalue weighted by Gasteiger charge is 2.35. The van der Waals surface area contributed by atoms with Gasteiger partial charge in [0, 0.05) is 7.05 Å². The summed E-state index contributed by atoms with van der Waals surface area (Å²) < 4.78 is 0. The minimum atomic E-state index is -0.430. The molecule has 1 aliphatic rings. The van der Waals surface area contributed by atoms with Crippen molar-refractivity contribution in [1.82, 2.24) is 15.1 Å². The summed E-state index contributed by atoms with van der Waals surface area (Å²) in [7, 11) is 1.55. The Hall–Kier alpha value is -3.15. The van der Waals surface area contributed by atoms with Crippen molar-refractivity contribution >= 4 is 17.8 Å². The van der Waals surface area contributed by atoms with Crippen molar-refractivity contribution in [3.05, 3.63) is 71.8 Å². The first-order valence-corrected chi connectivity index (χ1v) is 9.48. The molecule has 0 saturated carbocycles. The van der Waals surface area contributed by atoms with Gasteiger partial charge in [0.2, 0.25) is 5.91 Å². The first kappa shape index (κ1) is 19.6. The topological polar surface area (TPSA) is 69.7 Å². The minimum Gasteiger partial charge on any atom is -0.348 e. The fraction of sp³-hybridized carbons (Fsp3) is 0.318. The van der Waals surface area contributed by atoms with Gasteiger partial charge in [0.05, 0.1) is 6.04 Å². The largest absolute Gasteiger partial charge is 0.348 e. The summed E-state index contributed by atoms with van der Waals surface area (Å²) in [5, 5.41) is 3.00. The number of imide groups is 1. The second-order valence-corrected chi connectivity index (χ2v) is 7.03. The van der Waals surface area contributed by atoms with E-state index in [9.17, 15) is 14.4 Å². The zero-order chi connectivity index (χ0) is 19.9. The number of carbonyl (C=O) groups excluding carboxylic acids is 3. The number of aryl methyl sites for hydroxylation is 1. The zero-order valence-corrected chi connectivity index (χ0v) is 16.0. The van der Waals surface area contributed by atoms with E-state index >= 15 is 0 Å². The van der Waals surface area contributed by atoms with Gasteiger partial charge in [-0.15, -0.1) is 0 Å². The van der Waals surface area contributed by atoms with Gasteiger partial charge in [-0.05, 0) is 30.4 Å². The van der Waals surface area contributed by atoms with Crippen LogP contribution in [0.5, 0.6) is 0 Å². The maximum Gasteiger partial charge on any atom is 0.327 e. The van der Waals surface area contributed by atoms with E-state index in [1.165, 1.54) is 10.5 Å². The molecule has 1 aliphatic heterocycles. The molecule has 1 unspecified atom stereocenters. The van der Waals surface area contributed by atoms with Crippen LogP contribution in [0.1, 0.15) is 30.0 Å². The standard InChI is InChI=1S/C22H25N3O3/c1-24-16-21(27)25(22(24)28)15-20(26)23-19(18-12-6-3-7-13-18)14-8-11-17-9-4-2-5-10-17/h2-7,9-10,12-13,19H,8,11,14-16H2,1H3,(H,23,26). The van der Waals surface area contributed by atoms with Crippen molar-refractivity contribution in [3.63, 3.8) is 0 Å². The Morgan fingerprint density at radius 2 is 1.68 bits per heavy atom. The van der Waals surface area contributed by atoms with Crippen molar-refractivity contribution in [2.75, 3.05) is 20.1 Å². The van der Waals surface area contributed by atoms with Crippen molar-refractivity contribution in [2.24, 2.45) is 0 Å². The summed E-state index contributed by atoms with van der Waals surface area (Å²) in [6.07, 6.45) is 2.61. The maximum absolute atomic E-state index is 12.5. The molecule has 4 amide bonds. The molecule has 0 aromatic heterocycles. The van der Waals surface area contributed by atoms with Gasteiger partial charge in [0.1, 0.15) is 13.1 Å². The summed E-state index contributed by atoms with van der Waals surface area (Å²) >= 11 is 0. The third kappa shape index (κ3) is 4.97. The summed E-state index contributed by atoms with van der Waals surface area (Å²) in [6, 6.07) is 19.4. The number of hydrogen-bond donors (Lipinski definition) is 1. The number of benzene rings is 2. The summed E-state index contributed by atoms with van der Waals surface area (Å²) in [5.74, 6) is -0.673. The molecule has 2 aromatic rings. The molecule has 6 heteroatoms. The summed E-state index contributed by atoms with van der Waals surface area (Å²) in [6.45, 7) is -0.227. The van der Waals surface area contributed by atoms with Gasteiger partial charge >= 0.3 is 6.03 Å². The normalized spacial score (nSPS) is 15.0. The van der Waals surface area contributed by atoms with Crippen LogP contribution in [0, 0.1) is 0 Å². The number of nitrogens with zero attached hydrogens (tertiary/aromatic N) is 2. The van der Waals surface area contributed by atoms with Crippen LogP contribution in [0.25, 0.3) is 0 Å². The van der Waals surface area contributed by atoms with Crippen molar-refractivity contribution in [1.29, 1.82) is 0 Å². The lowest BCUT2D eigenvalue weighted by Gasteiger charge is -2.21. The molecule has 3 rings (SSSR count). The molecule has 2 aromatic carbocycles. The molecule has 1 N–H and O–H groups in total. The molecular formula is C22H25N3O3. The quantitative estimate of drug-likeness (QED) is 0.717. The second-order valence-electron chi connectivity index (χ2n) is 7.03. The van der Waals surface area contributed by atoms with E-state index < -0.39 is 6.03 Å². The summed E-state index contributed by atoms with van der Waals surface area (Å²) in [4.78, 5) is 38.7. The SMILES string of the molecule is CN1CC(=O)N(CC(=O)NC(CCCc2ccccc2)c2ccccc2)C1=O. The van der Waals surface area contributed by atoms with Crippen LogP contribution in [-0.2, 0) is 16.0 Å². The minimum absolute atomic E-state index is 0.0191. The Morgan fingerprint density at radius 1 is 1.04 bits per heavy atom. The van der Waals surface area contributed by atoms with Gasteiger partial charge in [-0.1, -0.05) is 60.7 Å². The van der Waals surface area contributed by atoms with Gasteiger partial charge in [-0.3, -0.25) is 14.5 Å². The first-order valence-electron chi connectivity index (χ1n) is 9.48. The van der Waals surface area contributed by atoms with Gasteiger partial charge < -0.3 is 10.2 Å². The number of amides is 4. The van der Waals surface area contributed by atoms with Crippen LogP contribution in [0.15, 0.2) is 60.7 Å². The number of nitrogens with one attached hydrogen (secondary N) is 1. The molecule has 1 fully saturated rings. The highest BCUT2D eigenvalue weighted by atomic mass is 16.2. The van der Waals surface area contributed by atoms with Gasteiger partial charge in [0.15, 0.2) is 0 Å². The van der Waals surface area contributed by atoms with Crippen molar-refractivity contribution in [3.8, 4) is 0 Å². The van der Waals surface area contributed by atoms with Crippen LogP contribution >= 0.6 is 0 Å². The van der Waals surface area contributed by atoms with Crippen molar-refractivity contribution < 1.29 is 14.4 Å².